The van der Waals surface area contributed by atoms with Crippen LogP contribution in [0.3, 0.4) is 0 Å². The molecule has 3 rings (SSSR count). The Kier molecular flexibility index (Phi) is 5.38. The molecule has 0 aliphatic heterocycles. The topological polar surface area (TPSA) is 34.1 Å². The van der Waals surface area contributed by atoms with Crippen LogP contribution in [-0.2, 0) is 9.84 Å². The number of aryl methyl sites for hydroxylation is 2. The second kappa shape index (κ2) is 7.71. The van der Waals surface area contributed by atoms with E-state index in [1.165, 1.54) is 11.1 Å². The van der Waals surface area contributed by atoms with Crippen molar-refractivity contribution in [1.29, 1.82) is 0 Å². The van der Waals surface area contributed by atoms with Gasteiger partial charge in [-0.05, 0) is 53.8 Å². The first-order valence-electron chi connectivity index (χ1n) is 8.58. The minimum atomic E-state index is -3.37. The summed E-state index contributed by atoms with van der Waals surface area (Å²) < 4.78 is 25.4. The summed E-state index contributed by atoms with van der Waals surface area (Å²) in [6.07, 6.45) is 1.82. The summed E-state index contributed by atoms with van der Waals surface area (Å²) in [6.45, 7) is 4.15. The first kappa shape index (κ1) is 18.2. The molecule has 0 N–H and O–H groups in total. The highest BCUT2D eigenvalue weighted by molar-refractivity contribution is 7.91. The van der Waals surface area contributed by atoms with E-state index in [1.54, 1.807) is 24.3 Å². The molecule has 0 spiro atoms. The Morgan fingerprint density at radius 2 is 1.38 bits per heavy atom. The maximum Gasteiger partial charge on any atom is 0.181 e. The van der Waals surface area contributed by atoms with E-state index in [-0.39, 0.29) is 5.75 Å². The van der Waals surface area contributed by atoms with Crippen LogP contribution in [0.15, 0.2) is 89.8 Å². The van der Waals surface area contributed by atoms with Crippen LogP contribution < -0.4 is 0 Å². The summed E-state index contributed by atoms with van der Waals surface area (Å²) in [5, 5.41) is 0. The van der Waals surface area contributed by atoms with Crippen molar-refractivity contribution in [3.8, 4) is 0 Å². The van der Waals surface area contributed by atoms with Gasteiger partial charge in [-0.25, -0.2) is 8.42 Å². The van der Waals surface area contributed by atoms with E-state index in [4.69, 9.17) is 0 Å². The van der Waals surface area contributed by atoms with Gasteiger partial charge in [-0.1, -0.05) is 72.8 Å². The predicted octanol–water partition coefficient (Wildman–Crippen LogP) is 5.21. The molecule has 0 aromatic heterocycles. The number of rotatable bonds is 5. The van der Waals surface area contributed by atoms with Gasteiger partial charge in [0.2, 0.25) is 0 Å². The third kappa shape index (κ3) is 4.12. The average molecular weight is 362 g/mol. The van der Waals surface area contributed by atoms with E-state index in [0.29, 0.717) is 4.90 Å². The van der Waals surface area contributed by atoms with Crippen molar-refractivity contribution in [2.75, 3.05) is 5.75 Å². The summed E-state index contributed by atoms with van der Waals surface area (Å²) in [6, 6.07) is 24.8. The van der Waals surface area contributed by atoms with Crippen molar-refractivity contribution >= 4 is 15.4 Å². The van der Waals surface area contributed by atoms with Gasteiger partial charge in [-0.3, -0.25) is 0 Å². The molecule has 0 amide bonds. The van der Waals surface area contributed by atoms with Crippen molar-refractivity contribution in [2.24, 2.45) is 0 Å². The molecular weight excluding hydrogens is 340 g/mol. The Morgan fingerprint density at radius 3 is 2.00 bits per heavy atom. The lowest BCUT2D eigenvalue weighted by molar-refractivity contribution is 0.599. The van der Waals surface area contributed by atoms with Crippen LogP contribution in [-0.4, -0.2) is 14.2 Å². The van der Waals surface area contributed by atoms with Crippen LogP contribution in [0.25, 0.3) is 5.57 Å². The lowest BCUT2D eigenvalue weighted by atomic mass is 9.95. The van der Waals surface area contributed by atoms with E-state index in [1.807, 2.05) is 42.5 Å². The van der Waals surface area contributed by atoms with E-state index >= 15 is 0 Å². The third-order valence-electron chi connectivity index (χ3n) is 4.51. The van der Waals surface area contributed by atoms with Gasteiger partial charge in [0.25, 0.3) is 0 Å². The quantitative estimate of drug-likeness (QED) is 0.624. The van der Waals surface area contributed by atoms with E-state index in [2.05, 4.69) is 32.0 Å². The standard InChI is InChI=1S/C23H22O2S/c1-18-13-14-21(17-19(18)2)23(20-9-5-3-6-10-20)15-16-26(24,25)22-11-7-4-8-12-22/h3-15,17H,16H2,1-2H3/b23-15+. The third-order valence-corrected chi connectivity index (χ3v) is 6.11. The van der Waals surface area contributed by atoms with Crippen LogP contribution in [0.1, 0.15) is 22.3 Å². The van der Waals surface area contributed by atoms with Gasteiger partial charge in [-0.2, -0.15) is 0 Å². The Balaban J connectivity index is 2.04. The molecule has 0 fully saturated rings. The SMILES string of the molecule is Cc1ccc(/C(=C/CS(=O)(=O)c2ccccc2)c2ccccc2)cc1C. The number of sulfone groups is 1. The maximum atomic E-state index is 12.7. The van der Waals surface area contributed by atoms with Crippen LogP contribution in [0.5, 0.6) is 0 Å². The Hall–Kier alpha value is -2.65. The van der Waals surface area contributed by atoms with Crippen molar-refractivity contribution in [3.63, 3.8) is 0 Å². The normalized spacial score (nSPS) is 12.2. The van der Waals surface area contributed by atoms with Crippen molar-refractivity contribution in [2.45, 2.75) is 18.7 Å². The first-order valence-corrected chi connectivity index (χ1v) is 10.2. The molecule has 0 unspecified atom stereocenters. The van der Waals surface area contributed by atoms with Crippen molar-refractivity contribution in [3.05, 3.63) is 107 Å². The van der Waals surface area contributed by atoms with Gasteiger partial charge < -0.3 is 0 Å². The molecular formula is C23H22O2S. The molecule has 0 radical (unpaired) electrons. The van der Waals surface area contributed by atoms with Gasteiger partial charge in [0.1, 0.15) is 0 Å². The highest BCUT2D eigenvalue weighted by atomic mass is 32.2. The highest BCUT2D eigenvalue weighted by Crippen LogP contribution is 2.26. The number of hydrogen-bond acceptors (Lipinski definition) is 2. The molecule has 0 saturated heterocycles. The van der Waals surface area contributed by atoms with Gasteiger partial charge in [0.15, 0.2) is 9.84 Å². The van der Waals surface area contributed by atoms with E-state index < -0.39 is 9.84 Å². The molecule has 3 aromatic carbocycles. The molecule has 2 nitrogen and oxygen atoms in total. The van der Waals surface area contributed by atoms with E-state index in [0.717, 1.165) is 16.7 Å². The maximum absolute atomic E-state index is 12.7. The molecule has 132 valence electrons. The summed E-state index contributed by atoms with van der Waals surface area (Å²) in [5.74, 6) is -0.0336. The highest BCUT2D eigenvalue weighted by Gasteiger charge is 2.14. The molecule has 0 atom stereocenters. The van der Waals surface area contributed by atoms with Crippen molar-refractivity contribution in [1.82, 2.24) is 0 Å². The fraction of sp³-hybridized carbons (Fsp3) is 0.130. The molecule has 0 aliphatic carbocycles. The second-order valence-corrected chi connectivity index (χ2v) is 8.41. The van der Waals surface area contributed by atoms with Crippen molar-refractivity contribution < 1.29 is 8.42 Å². The second-order valence-electron chi connectivity index (χ2n) is 6.38. The van der Waals surface area contributed by atoms with Crippen LogP contribution in [0, 0.1) is 13.8 Å². The van der Waals surface area contributed by atoms with Crippen LogP contribution in [0.4, 0.5) is 0 Å². The van der Waals surface area contributed by atoms with Crippen LogP contribution in [0.2, 0.25) is 0 Å². The molecule has 26 heavy (non-hydrogen) atoms. The zero-order valence-electron chi connectivity index (χ0n) is 15.0. The van der Waals surface area contributed by atoms with Gasteiger partial charge in [0, 0.05) is 0 Å². The number of benzene rings is 3. The lowest BCUT2D eigenvalue weighted by Gasteiger charge is -2.11. The van der Waals surface area contributed by atoms with E-state index in [9.17, 15) is 8.42 Å². The summed E-state index contributed by atoms with van der Waals surface area (Å²) in [4.78, 5) is 0.351. The smallest absolute Gasteiger partial charge is 0.181 e. The van der Waals surface area contributed by atoms with Gasteiger partial charge >= 0.3 is 0 Å². The lowest BCUT2D eigenvalue weighted by Crippen LogP contribution is -2.05. The minimum absolute atomic E-state index is 0.0336. The molecule has 0 heterocycles. The molecule has 0 aliphatic rings. The average Bonchev–Trinajstić information content (AvgIpc) is 2.66. The number of hydrogen-bond donors (Lipinski definition) is 0. The Morgan fingerprint density at radius 1 is 0.769 bits per heavy atom. The zero-order chi connectivity index (χ0) is 18.6. The molecule has 3 aromatic rings. The monoisotopic (exact) mass is 362 g/mol. The minimum Gasteiger partial charge on any atom is -0.223 e. The predicted molar refractivity (Wildman–Crippen MR) is 108 cm³/mol. The Labute approximate surface area is 155 Å². The summed E-state index contributed by atoms with van der Waals surface area (Å²) in [7, 11) is -3.37. The van der Waals surface area contributed by atoms with Gasteiger partial charge in [-0.15, -0.1) is 0 Å². The molecule has 0 saturated carbocycles. The molecule has 0 bridgehead atoms. The summed E-state index contributed by atoms with van der Waals surface area (Å²) >= 11 is 0. The zero-order valence-corrected chi connectivity index (χ0v) is 15.8. The first-order chi connectivity index (χ1) is 12.5. The largest absolute Gasteiger partial charge is 0.223 e. The Bertz CT molecular complexity index is 1020. The fourth-order valence-corrected chi connectivity index (χ4v) is 4.00. The van der Waals surface area contributed by atoms with Crippen LogP contribution >= 0.6 is 0 Å². The summed E-state index contributed by atoms with van der Waals surface area (Å²) in [5.41, 5.74) is 5.39. The molecule has 3 heteroatoms. The fourth-order valence-electron chi connectivity index (χ4n) is 2.85. The van der Waals surface area contributed by atoms with Gasteiger partial charge in [0.05, 0.1) is 10.6 Å².